The molecule has 5 nitrogen and oxygen atoms in total. The lowest BCUT2D eigenvalue weighted by Crippen LogP contribution is -2.68. The van der Waals surface area contributed by atoms with Gasteiger partial charge in [-0.25, -0.2) is 4.79 Å². The molecule has 0 bridgehead atoms. The van der Waals surface area contributed by atoms with Crippen LogP contribution in [0.2, 0.25) is 5.04 Å². The minimum absolute atomic E-state index is 0.173. The van der Waals surface area contributed by atoms with E-state index in [9.17, 15) is 14.7 Å². The fourth-order valence-corrected chi connectivity index (χ4v) is 9.22. The SMILES string of the molecule is CC(=O)[C@@H]1[C@@H](O[Si](c2ccccc2)(c2ccccc2)C(C)(C)C)CCN1C(=O)O. The van der Waals surface area contributed by atoms with E-state index in [0.29, 0.717) is 13.0 Å². The van der Waals surface area contributed by atoms with Crippen molar-refractivity contribution >= 4 is 30.6 Å². The van der Waals surface area contributed by atoms with Crippen LogP contribution in [0.15, 0.2) is 60.7 Å². The number of ketones is 1. The maximum absolute atomic E-state index is 12.4. The molecule has 1 amide bonds. The Morgan fingerprint density at radius 1 is 1.00 bits per heavy atom. The second kappa shape index (κ2) is 8.12. The van der Waals surface area contributed by atoms with Gasteiger partial charge in [-0.15, -0.1) is 0 Å². The van der Waals surface area contributed by atoms with Gasteiger partial charge in [-0.1, -0.05) is 81.4 Å². The van der Waals surface area contributed by atoms with Crippen LogP contribution in [-0.2, 0) is 9.22 Å². The van der Waals surface area contributed by atoms with Gasteiger partial charge in [0.25, 0.3) is 8.32 Å². The third-order valence-electron chi connectivity index (χ3n) is 5.75. The number of carboxylic acid groups (broad SMARTS) is 1. The first-order chi connectivity index (χ1) is 13.7. The Bertz CT molecular complexity index is 824. The van der Waals surface area contributed by atoms with Crippen molar-refractivity contribution < 1.29 is 19.1 Å². The molecule has 0 aliphatic carbocycles. The highest BCUT2D eigenvalue weighted by Crippen LogP contribution is 2.39. The standard InChI is InChI=1S/C23H29NO4Si/c1-17(25)21-20(15-16-24(21)22(26)27)28-29(23(2,3)4,18-11-7-5-8-12-18)19-13-9-6-10-14-19/h5-14,20-21H,15-16H2,1-4H3,(H,26,27)/t20-,21+/m0/s1. The highest BCUT2D eigenvalue weighted by Gasteiger charge is 2.54. The monoisotopic (exact) mass is 411 g/mol. The van der Waals surface area contributed by atoms with E-state index < -0.39 is 26.6 Å². The molecule has 2 aromatic rings. The summed E-state index contributed by atoms with van der Waals surface area (Å²) in [6.45, 7) is 8.28. The van der Waals surface area contributed by atoms with Gasteiger partial charge < -0.3 is 9.53 Å². The van der Waals surface area contributed by atoms with Crippen molar-refractivity contribution in [2.75, 3.05) is 6.54 Å². The number of hydrogen-bond donors (Lipinski definition) is 1. The van der Waals surface area contributed by atoms with Crippen LogP contribution < -0.4 is 10.4 Å². The molecule has 154 valence electrons. The number of amides is 1. The third-order valence-corrected chi connectivity index (χ3v) is 10.8. The quantitative estimate of drug-likeness (QED) is 0.767. The van der Waals surface area contributed by atoms with Crippen molar-refractivity contribution in [2.45, 2.75) is 51.3 Å². The molecular formula is C23H29NO4Si. The van der Waals surface area contributed by atoms with Crippen molar-refractivity contribution in [3.05, 3.63) is 60.7 Å². The van der Waals surface area contributed by atoms with E-state index in [-0.39, 0.29) is 10.8 Å². The predicted molar refractivity (Wildman–Crippen MR) is 116 cm³/mol. The van der Waals surface area contributed by atoms with Crippen LogP contribution in [-0.4, -0.2) is 48.9 Å². The number of carbonyl (C=O) groups excluding carboxylic acids is 1. The molecule has 2 aromatic carbocycles. The van der Waals surface area contributed by atoms with Gasteiger partial charge in [0.05, 0.1) is 6.10 Å². The summed E-state index contributed by atoms with van der Waals surface area (Å²) < 4.78 is 7.00. The van der Waals surface area contributed by atoms with Gasteiger partial charge in [-0.3, -0.25) is 9.69 Å². The minimum atomic E-state index is -2.84. The molecule has 1 aliphatic rings. The number of carbonyl (C=O) groups is 2. The lowest BCUT2D eigenvalue weighted by atomic mass is 10.1. The molecule has 0 unspecified atom stereocenters. The highest BCUT2D eigenvalue weighted by atomic mass is 28.4. The molecule has 0 saturated carbocycles. The van der Waals surface area contributed by atoms with Gasteiger partial charge >= 0.3 is 6.09 Å². The summed E-state index contributed by atoms with van der Waals surface area (Å²) in [5.41, 5.74) is 0. The summed E-state index contributed by atoms with van der Waals surface area (Å²) >= 11 is 0. The van der Waals surface area contributed by atoms with Crippen molar-refractivity contribution in [1.82, 2.24) is 4.90 Å². The molecule has 1 heterocycles. The van der Waals surface area contributed by atoms with Gasteiger partial charge in [0.15, 0.2) is 5.78 Å². The van der Waals surface area contributed by atoms with Crippen LogP contribution in [0.25, 0.3) is 0 Å². The Morgan fingerprint density at radius 2 is 1.48 bits per heavy atom. The lowest BCUT2D eigenvalue weighted by Gasteiger charge is -2.45. The Kier molecular flexibility index (Phi) is 5.96. The second-order valence-electron chi connectivity index (χ2n) is 8.64. The number of Topliss-reactive ketones (excluding diaryl/α,β-unsaturated/α-hetero) is 1. The van der Waals surface area contributed by atoms with Crippen LogP contribution in [0.5, 0.6) is 0 Å². The predicted octanol–water partition coefficient (Wildman–Crippen LogP) is 3.27. The average Bonchev–Trinajstić information content (AvgIpc) is 3.10. The highest BCUT2D eigenvalue weighted by molar-refractivity contribution is 6.99. The zero-order valence-corrected chi connectivity index (χ0v) is 18.5. The number of nitrogens with zero attached hydrogens (tertiary/aromatic N) is 1. The van der Waals surface area contributed by atoms with E-state index in [4.69, 9.17) is 4.43 Å². The topological polar surface area (TPSA) is 66.8 Å². The molecule has 3 rings (SSSR count). The summed E-state index contributed by atoms with van der Waals surface area (Å²) in [7, 11) is -2.84. The Balaban J connectivity index is 2.16. The van der Waals surface area contributed by atoms with Crippen LogP contribution in [0.3, 0.4) is 0 Å². The first-order valence-corrected chi connectivity index (χ1v) is 11.9. The Hall–Kier alpha value is -2.44. The van der Waals surface area contributed by atoms with Crippen molar-refractivity contribution in [3.8, 4) is 0 Å². The maximum atomic E-state index is 12.4. The largest absolute Gasteiger partial charge is 0.465 e. The van der Waals surface area contributed by atoms with Crippen LogP contribution in [0.1, 0.15) is 34.1 Å². The third kappa shape index (κ3) is 3.87. The number of benzene rings is 2. The maximum Gasteiger partial charge on any atom is 0.408 e. The number of hydrogen-bond acceptors (Lipinski definition) is 3. The van der Waals surface area contributed by atoms with E-state index in [1.165, 1.54) is 11.8 Å². The van der Waals surface area contributed by atoms with Crippen molar-refractivity contribution in [3.63, 3.8) is 0 Å². The first kappa shape index (κ1) is 21.3. The molecule has 2 atom stereocenters. The molecule has 1 fully saturated rings. The molecule has 0 spiro atoms. The molecule has 0 radical (unpaired) electrons. The molecule has 1 N–H and O–H groups in total. The van der Waals surface area contributed by atoms with E-state index in [0.717, 1.165) is 10.4 Å². The minimum Gasteiger partial charge on any atom is -0.465 e. The summed E-state index contributed by atoms with van der Waals surface area (Å²) in [6.07, 6.45) is -1.02. The molecule has 29 heavy (non-hydrogen) atoms. The average molecular weight is 412 g/mol. The van der Waals surface area contributed by atoms with E-state index in [1.807, 2.05) is 36.4 Å². The lowest BCUT2D eigenvalue weighted by molar-refractivity contribution is -0.122. The second-order valence-corrected chi connectivity index (χ2v) is 12.9. The zero-order chi connectivity index (χ0) is 21.2. The van der Waals surface area contributed by atoms with Crippen LogP contribution >= 0.6 is 0 Å². The van der Waals surface area contributed by atoms with Gasteiger partial charge in [-0.05, 0) is 28.8 Å². The molecule has 6 heteroatoms. The van der Waals surface area contributed by atoms with Crippen LogP contribution in [0, 0.1) is 0 Å². The van der Waals surface area contributed by atoms with E-state index >= 15 is 0 Å². The normalized spacial score (nSPS) is 19.9. The fourth-order valence-electron chi connectivity index (χ4n) is 4.50. The smallest absolute Gasteiger partial charge is 0.408 e. The summed E-state index contributed by atoms with van der Waals surface area (Å²) in [5.74, 6) is -0.173. The van der Waals surface area contributed by atoms with Crippen molar-refractivity contribution in [2.24, 2.45) is 0 Å². The van der Waals surface area contributed by atoms with E-state index in [2.05, 4.69) is 45.0 Å². The molecular weight excluding hydrogens is 382 g/mol. The van der Waals surface area contributed by atoms with Crippen molar-refractivity contribution in [1.29, 1.82) is 0 Å². The number of likely N-dealkylation sites (tertiary alicyclic amines) is 1. The van der Waals surface area contributed by atoms with Crippen LogP contribution in [0.4, 0.5) is 4.79 Å². The Labute approximate surface area is 173 Å². The van der Waals surface area contributed by atoms with Gasteiger partial charge in [0, 0.05) is 6.54 Å². The summed E-state index contributed by atoms with van der Waals surface area (Å²) in [6, 6.07) is 19.6. The molecule has 1 saturated heterocycles. The van der Waals surface area contributed by atoms with Gasteiger partial charge in [-0.2, -0.15) is 0 Å². The number of rotatable bonds is 5. The fraction of sp³-hybridized carbons (Fsp3) is 0.391. The molecule has 0 aromatic heterocycles. The zero-order valence-electron chi connectivity index (χ0n) is 17.5. The Morgan fingerprint density at radius 3 is 1.86 bits per heavy atom. The summed E-state index contributed by atoms with van der Waals surface area (Å²) in [4.78, 5) is 25.3. The van der Waals surface area contributed by atoms with Gasteiger partial charge in [0.1, 0.15) is 6.04 Å². The summed E-state index contributed by atoms with van der Waals surface area (Å²) in [5, 5.41) is 11.6. The van der Waals surface area contributed by atoms with E-state index in [1.54, 1.807) is 0 Å². The molecule has 1 aliphatic heterocycles. The van der Waals surface area contributed by atoms with Gasteiger partial charge in [0.2, 0.25) is 0 Å². The first-order valence-electron chi connectivity index (χ1n) is 9.97.